The highest BCUT2D eigenvalue weighted by molar-refractivity contribution is 5.51. The van der Waals surface area contributed by atoms with Crippen molar-refractivity contribution in [3.63, 3.8) is 0 Å². The van der Waals surface area contributed by atoms with Gasteiger partial charge in [0.2, 0.25) is 0 Å². The summed E-state index contributed by atoms with van der Waals surface area (Å²) in [6, 6.07) is 15.3. The van der Waals surface area contributed by atoms with Crippen molar-refractivity contribution in [2.24, 2.45) is 0 Å². The van der Waals surface area contributed by atoms with Crippen molar-refractivity contribution in [3.8, 4) is 0 Å². The van der Waals surface area contributed by atoms with Crippen molar-refractivity contribution in [2.75, 3.05) is 12.3 Å². The largest absolute Gasteiger partial charge is 0.398 e. The molecule has 1 heterocycles. The molecular formula is C18H22N2. The van der Waals surface area contributed by atoms with Crippen LogP contribution in [-0.4, -0.2) is 11.4 Å². The normalized spacial score (nSPS) is 15.1. The second-order valence-electron chi connectivity index (χ2n) is 5.62. The van der Waals surface area contributed by atoms with E-state index in [2.05, 4.69) is 48.2 Å². The minimum Gasteiger partial charge on any atom is -0.398 e. The monoisotopic (exact) mass is 266 g/mol. The number of benzene rings is 2. The lowest BCUT2D eigenvalue weighted by molar-refractivity contribution is 0.246. The Hall–Kier alpha value is -1.80. The van der Waals surface area contributed by atoms with Crippen LogP contribution in [0.25, 0.3) is 0 Å². The van der Waals surface area contributed by atoms with Crippen LogP contribution in [0, 0.1) is 0 Å². The highest BCUT2D eigenvalue weighted by Crippen LogP contribution is 2.25. The van der Waals surface area contributed by atoms with Crippen molar-refractivity contribution in [3.05, 3.63) is 64.7 Å². The molecular weight excluding hydrogens is 244 g/mol. The Morgan fingerprint density at radius 2 is 1.80 bits per heavy atom. The molecule has 2 aromatic carbocycles. The number of rotatable bonds is 3. The average Bonchev–Trinajstić information content (AvgIpc) is 2.49. The first-order chi connectivity index (χ1) is 9.76. The highest BCUT2D eigenvalue weighted by atomic mass is 15.1. The molecule has 3 rings (SSSR count). The van der Waals surface area contributed by atoms with Crippen LogP contribution in [0.5, 0.6) is 0 Å². The number of hydrogen-bond acceptors (Lipinski definition) is 2. The van der Waals surface area contributed by atoms with E-state index in [4.69, 9.17) is 5.73 Å². The summed E-state index contributed by atoms with van der Waals surface area (Å²) in [7, 11) is 0. The van der Waals surface area contributed by atoms with E-state index in [1.54, 1.807) is 0 Å². The van der Waals surface area contributed by atoms with Crippen LogP contribution in [0.2, 0.25) is 0 Å². The van der Waals surface area contributed by atoms with Crippen molar-refractivity contribution in [1.29, 1.82) is 0 Å². The number of nitrogens with two attached hydrogens (primary N) is 1. The maximum absolute atomic E-state index is 6.11. The van der Waals surface area contributed by atoms with Crippen molar-refractivity contribution in [2.45, 2.75) is 32.9 Å². The number of fused-ring (bicyclic) bond motifs is 1. The molecule has 0 atom stereocenters. The quantitative estimate of drug-likeness (QED) is 0.863. The van der Waals surface area contributed by atoms with Crippen LogP contribution in [0.1, 0.15) is 29.2 Å². The summed E-state index contributed by atoms with van der Waals surface area (Å²) >= 11 is 0. The van der Waals surface area contributed by atoms with E-state index < -0.39 is 0 Å². The van der Waals surface area contributed by atoms with Crippen molar-refractivity contribution in [1.82, 2.24) is 4.90 Å². The lowest BCUT2D eigenvalue weighted by Crippen LogP contribution is -2.30. The summed E-state index contributed by atoms with van der Waals surface area (Å²) in [5, 5.41) is 0. The Morgan fingerprint density at radius 1 is 1.05 bits per heavy atom. The SMILES string of the molecule is CCc1ccc(CN2CCc3cccc(N)c3C2)cc1. The first-order valence-corrected chi connectivity index (χ1v) is 7.42. The molecule has 1 aliphatic heterocycles. The predicted octanol–water partition coefficient (Wildman–Crippen LogP) is 3.39. The minimum atomic E-state index is 0.938. The fraction of sp³-hybridized carbons (Fsp3) is 0.333. The van der Waals surface area contributed by atoms with Gasteiger partial charge in [0.05, 0.1) is 0 Å². The molecule has 0 aromatic heterocycles. The summed E-state index contributed by atoms with van der Waals surface area (Å²) in [4.78, 5) is 2.49. The van der Waals surface area contributed by atoms with Gasteiger partial charge in [-0.1, -0.05) is 43.3 Å². The second-order valence-corrected chi connectivity index (χ2v) is 5.62. The number of nitrogen functional groups attached to an aromatic ring is 1. The van der Waals surface area contributed by atoms with E-state index in [1.807, 2.05) is 6.07 Å². The lowest BCUT2D eigenvalue weighted by atomic mass is 9.97. The summed E-state index contributed by atoms with van der Waals surface area (Å²) in [5.41, 5.74) is 12.6. The van der Waals surface area contributed by atoms with Crippen LogP contribution in [-0.2, 0) is 25.9 Å². The molecule has 0 bridgehead atoms. The maximum atomic E-state index is 6.11. The lowest BCUT2D eigenvalue weighted by Gasteiger charge is -2.29. The molecule has 2 heteroatoms. The Balaban J connectivity index is 1.72. The molecule has 0 unspecified atom stereocenters. The Morgan fingerprint density at radius 3 is 2.55 bits per heavy atom. The third-order valence-electron chi connectivity index (χ3n) is 4.23. The van der Waals surface area contributed by atoms with E-state index in [0.717, 1.165) is 38.2 Å². The van der Waals surface area contributed by atoms with Crippen LogP contribution in [0.4, 0.5) is 5.69 Å². The molecule has 20 heavy (non-hydrogen) atoms. The molecule has 0 spiro atoms. The fourth-order valence-electron chi connectivity index (χ4n) is 2.94. The molecule has 0 amide bonds. The molecule has 0 saturated carbocycles. The summed E-state index contributed by atoms with van der Waals surface area (Å²) in [6.07, 6.45) is 2.21. The molecule has 2 aromatic rings. The van der Waals surface area contributed by atoms with Crippen LogP contribution < -0.4 is 5.73 Å². The van der Waals surface area contributed by atoms with Gasteiger partial charge in [-0.15, -0.1) is 0 Å². The van der Waals surface area contributed by atoms with Gasteiger partial charge in [-0.05, 0) is 41.2 Å². The molecule has 0 saturated heterocycles. The molecule has 1 aliphatic rings. The van der Waals surface area contributed by atoms with Gasteiger partial charge in [-0.3, -0.25) is 4.90 Å². The molecule has 104 valence electrons. The van der Waals surface area contributed by atoms with Gasteiger partial charge in [0.15, 0.2) is 0 Å². The van der Waals surface area contributed by atoms with Gasteiger partial charge in [-0.2, -0.15) is 0 Å². The standard InChI is InChI=1S/C18H22N2/c1-2-14-6-8-15(9-7-14)12-20-11-10-16-4-3-5-18(19)17(16)13-20/h3-9H,2,10-13,19H2,1H3. The van der Waals surface area contributed by atoms with Gasteiger partial charge in [-0.25, -0.2) is 0 Å². The van der Waals surface area contributed by atoms with E-state index >= 15 is 0 Å². The predicted molar refractivity (Wildman–Crippen MR) is 84.5 cm³/mol. The Bertz CT molecular complexity index is 587. The zero-order valence-corrected chi connectivity index (χ0v) is 12.1. The van der Waals surface area contributed by atoms with Crippen LogP contribution >= 0.6 is 0 Å². The van der Waals surface area contributed by atoms with Crippen molar-refractivity contribution >= 4 is 5.69 Å². The van der Waals surface area contributed by atoms with E-state index in [-0.39, 0.29) is 0 Å². The molecule has 2 nitrogen and oxygen atoms in total. The van der Waals surface area contributed by atoms with E-state index in [1.165, 1.54) is 22.3 Å². The van der Waals surface area contributed by atoms with Gasteiger partial charge in [0.25, 0.3) is 0 Å². The highest BCUT2D eigenvalue weighted by Gasteiger charge is 2.17. The zero-order valence-electron chi connectivity index (χ0n) is 12.1. The summed E-state index contributed by atoms with van der Waals surface area (Å²) in [6.45, 7) is 5.29. The second kappa shape index (κ2) is 5.68. The smallest absolute Gasteiger partial charge is 0.0362 e. The zero-order chi connectivity index (χ0) is 13.9. The number of anilines is 1. The first-order valence-electron chi connectivity index (χ1n) is 7.42. The Kier molecular flexibility index (Phi) is 3.75. The third-order valence-corrected chi connectivity index (χ3v) is 4.23. The number of aryl methyl sites for hydroxylation is 1. The van der Waals surface area contributed by atoms with Gasteiger partial charge >= 0.3 is 0 Å². The van der Waals surface area contributed by atoms with E-state index in [0.29, 0.717) is 0 Å². The molecule has 0 radical (unpaired) electrons. The molecule has 0 aliphatic carbocycles. The summed E-state index contributed by atoms with van der Waals surface area (Å²) in [5.74, 6) is 0. The first kappa shape index (κ1) is 13.2. The Labute approximate surface area is 121 Å². The average molecular weight is 266 g/mol. The third kappa shape index (κ3) is 2.70. The van der Waals surface area contributed by atoms with Gasteiger partial charge < -0.3 is 5.73 Å². The summed E-state index contributed by atoms with van der Waals surface area (Å²) < 4.78 is 0. The topological polar surface area (TPSA) is 29.3 Å². The van der Waals surface area contributed by atoms with Crippen LogP contribution in [0.15, 0.2) is 42.5 Å². The number of nitrogens with zero attached hydrogens (tertiary/aromatic N) is 1. The molecule has 2 N–H and O–H groups in total. The minimum absolute atomic E-state index is 0.938. The van der Waals surface area contributed by atoms with Gasteiger partial charge in [0, 0.05) is 25.3 Å². The number of hydrogen-bond donors (Lipinski definition) is 1. The van der Waals surface area contributed by atoms with E-state index in [9.17, 15) is 0 Å². The fourth-order valence-corrected chi connectivity index (χ4v) is 2.94. The maximum Gasteiger partial charge on any atom is 0.0362 e. The molecule has 0 fully saturated rings. The van der Waals surface area contributed by atoms with Crippen LogP contribution in [0.3, 0.4) is 0 Å². The van der Waals surface area contributed by atoms with Gasteiger partial charge in [0.1, 0.15) is 0 Å². The van der Waals surface area contributed by atoms with Crippen molar-refractivity contribution < 1.29 is 0 Å².